The normalized spacial score (nSPS) is 21.3. The molecule has 1 aromatic rings. The maximum atomic E-state index is 12.1. The zero-order chi connectivity index (χ0) is 15.6. The average molecular weight is 298 g/mol. The molecule has 2 atom stereocenters. The number of aliphatic hydroxyl groups excluding tert-OH is 1. The van der Waals surface area contributed by atoms with Crippen LogP contribution in [-0.4, -0.2) is 62.4 Å². The van der Waals surface area contributed by atoms with Crippen LogP contribution < -0.4 is 0 Å². The first-order valence-electron chi connectivity index (χ1n) is 6.14. The molecule has 10 heteroatoms. The Balaban J connectivity index is 2.07. The zero-order valence-corrected chi connectivity index (χ0v) is 11.2. The molecule has 1 N–H and O–H groups in total. The van der Waals surface area contributed by atoms with Crippen molar-refractivity contribution in [1.29, 1.82) is 0 Å². The molecule has 0 aromatic carbocycles. The van der Waals surface area contributed by atoms with Crippen LogP contribution in [0.5, 0.6) is 0 Å². The summed E-state index contributed by atoms with van der Waals surface area (Å²) in [7, 11) is 1.20. The Labute approximate surface area is 119 Å². The van der Waals surface area contributed by atoms with Crippen LogP contribution in [0.25, 0.3) is 0 Å². The molecule has 1 saturated heterocycles. The van der Waals surface area contributed by atoms with E-state index < -0.39 is 28.9 Å². The van der Waals surface area contributed by atoms with Crippen LogP contribution in [0.2, 0.25) is 0 Å². The highest BCUT2D eigenvalue weighted by atomic mass is 16.6. The third-order valence-electron chi connectivity index (χ3n) is 3.20. The lowest BCUT2D eigenvalue weighted by molar-refractivity contribution is -0.385. The lowest BCUT2D eigenvalue weighted by atomic mass is 10.2. The number of aromatic nitrogens is 2. The summed E-state index contributed by atoms with van der Waals surface area (Å²) in [5, 5.41) is 23.8. The Bertz CT molecular complexity index is 571. The summed E-state index contributed by atoms with van der Waals surface area (Å²) in [6.45, 7) is -0.240. The van der Waals surface area contributed by atoms with Gasteiger partial charge in [-0.1, -0.05) is 0 Å². The summed E-state index contributed by atoms with van der Waals surface area (Å²) in [5.74, 6) is -1.08. The van der Waals surface area contributed by atoms with Gasteiger partial charge in [-0.25, -0.2) is 4.79 Å². The van der Waals surface area contributed by atoms with Gasteiger partial charge < -0.3 is 14.7 Å². The molecular weight excluding hydrogens is 284 g/mol. The number of carbonyl (C=O) groups excluding carboxylic acids is 2. The first kappa shape index (κ1) is 14.9. The summed E-state index contributed by atoms with van der Waals surface area (Å²) in [4.78, 5) is 34.8. The van der Waals surface area contributed by atoms with Crippen LogP contribution in [0.3, 0.4) is 0 Å². The number of amides is 1. The first-order valence-corrected chi connectivity index (χ1v) is 6.14. The Morgan fingerprint density at radius 1 is 1.62 bits per heavy atom. The number of nitro groups is 1. The Kier molecular flexibility index (Phi) is 4.17. The molecule has 1 fully saturated rings. The summed E-state index contributed by atoms with van der Waals surface area (Å²) in [6.07, 6.45) is 1.46. The summed E-state index contributed by atoms with van der Waals surface area (Å²) in [5.41, 5.74) is -0.228. The fourth-order valence-corrected chi connectivity index (χ4v) is 2.21. The molecule has 21 heavy (non-hydrogen) atoms. The molecule has 1 amide bonds. The highest BCUT2D eigenvalue weighted by Crippen LogP contribution is 2.20. The van der Waals surface area contributed by atoms with Crippen LogP contribution in [0, 0.1) is 10.1 Å². The summed E-state index contributed by atoms with van der Waals surface area (Å²) in [6, 6.07) is -0.844. The van der Waals surface area contributed by atoms with Gasteiger partial charge in [0.2, 0.25) is 5.91 Å². The fraction of sp³-hybridized carbons (Fsp3) is 0.545. The van der Waals surface area contributed by atoms with E-state index in [-0.39, 0.29) is 25.2 Å². The second kappa shape index (κ2) is 5.87. The number of ether oxygens (including phenoxy) is 1. The minimum atomic E-state index is -0.844. The Morgan fingerprint density at radius 2 is 2.33 bits per heavy atom. The zero-order valence-electron chi connectivity index (χ0n) is 11.2. The van der Waals surface area contributed by atoms with Crippen LogP contribution in [0.4, 0.5) is 5.69 Å². The van der Waals surface area contributed by atoms with Gasteiger partial charge in [0, 0.05) is 13.0 Å². The molecule has 1 aliphatic rings. The van der Waals surface area contributed by atoms with Gasteiger partial charge in [0.25, 0.3) is 0 Å². The standard InChI is InChI=1S/C11H14N4O6/c1-21-11(18)9-2-8(16)5-14(9)10(17)6-13-4-7(3-12-13)15(19)20/h3-4,8-9,16H,2,5-6H2,1H3. The van der Waals surface area contributed by atoms with E-state index in [1.54, 1.807) is 0 Å². The topological polar surface area (TPSA) is 128 Å². The summed E-state index contributed by atoms with van der Waals surface area (Å²) >= 11 is 0. The Hall–Kier alpha value is -2.49. The minimum absolute atomic E-state index is 0.0158. The number of β-amino-alcohol motifs (C(OH)–C–C–N with tert-alkyl or cyclic N) is 1. The lowest BCUT2D eigenvalue weighted by Crippen LogP contribution is -2.42. The van der Waals surface area contributed by atoms with E-state index in [2.05, 4.69) is 9.84 Å². The van der Waals surface area contributed by atoms with Gasteiger partial charge in [0.1, 0.15) is 25.0 Å². The van der Waals surface area contributed by atoms with E-state index in [4.69, 9.17) is 0 Å². The van der Waals surface area contributed by atoms with Crippen LogP contribution >= 0.6 is 0 Å². The molecule has 2 rings (SSSR count). The fourth-order valence-electron chi connectivity index (χ4n) is 2.21. The van der Waals surface area contributed by atoms with Crippen molar-refractivity contribution in [3.05, 3.63) is 22.5 Å². The Morgan fingerprint density at radius 3 is 2.90 bits per heavy atom. The van der Waals surface area contributed by atoms with Crippen molar-refractivity contribution in [2.45, 2.75) is 25.1 Å². The molecule has 1 aliphatic heterocycles. The highest BCUT2D eigenvalue weighted by molar-refractivity contribution is 5.85. The molecule has 114 valence electrons. The van der Waals surface area contributed by atoms with Crippen LogP contribution in [-0.2, 0) is 20.9 Å². The number of aliphatic hydroxyl groups is 1. The van der Waals surface area contributed by atoms with E-state index in [9.17, 15) is 24.8 Å². The number of likely N-dealkylation sites (tertiary alicyclic amines) is 1. The predicted octanol–water partition coefficient (Wildman–Crippen LogP) is -1.07. The smallest absolute Gasteiger partial charge is 0.328 e. The maximum Gasteiger partial charge on any atom is 0.328 e. The maximum absolute atomic E-state index is 12.1. The molecule has 1 aromatic heterocycles. The second-order valence-corrected chi connectivity index (χ2v) is 4.63. The van der Waals surface area contributed by atoms with Gasteiger partial charge in [-0.3, -0.25) is 19.6 Å². The van der Waals surface area contributed by atoms with E-state index in [0.717, 1.165) is 17.1 Å². The third-order valence-corrected chi connectivity index (χ3v) is 3.20. The van der Waals surface area contributed by atoms with Crippen molar-refractivity contribution in [2.24, 2.45) is 0 Å². The van der Waals surface area contributed by atoms with Crippen molar-refractivity contribution in [3.63, 3.8) is 0 Å². The molecule has 0 saturated carbocycles. The summed E-state index contributed by atoms with van der Waals surface area (Å²) < 4.78 is 5.70. The highest BCUT2D eigenvalue weighted by Gasteiger charge is 2.39. The molecule has 2 unspecified atom stereocenters. The predicted molar refractivity (Wildman–Crippen MR) is 67.0 cm³/mol. The molecule has 0 spiro atoms. The third kappa shape index (κ3) is 3.16. The van der Waals surface area contributed by atoms with Crippen LogP contribution in [0.1, 0.15) is 6.42 Å². The van der Waals surface area contributed by atoms with Crippen molar-refractivity contribution in [2.75, 3.05) is 13.7 Å². The second-order valence-electron chi connectivity index (χ2n) is 4.63. The van der Waals surface area contributed by atoms with Crippen molar-refractivity contribution in [1.82, 2.24) is 14.7 Å². The number of hydrogen-bond acceptors (Lipinski definition) is 7. The molecule has 0 bridgehead atoms. The van der Waals surface area contributed by atoms with E-state index >= 15 is 0 Å². The number of hydrogen-bond donors (Lipinski definition) is 1. The van der Waals surface area contributed by atoms with Gasteiger partial charge in [-0.15, -0.1) is 0 Å². The van der Waals surface area contributed by atoms with Gasteiger partial charge >= 0.3 is 11.7 Å². The molecule has 0 radical (unpaired) electrons. The van der Waals surface area contributed by atoms with Gasteiger partial charge in [0.05, 0.1) is 18.1 Å². The first-order chi connectivity index (χ1) is 9.92. The minimum Gasteiger partial charge on any atom is -0.467 e. The van der Waals surface area contributed by atoms with E-state index in [0.29, 0.717) is 0 Å². The SMILES string of the molecule is COC(=O)C1CC(O)CN1C(=O)Cn1cc([N+](=O)[O-])cn1. The molecule has 0 aliphatic carbocycles. The quantitative estimate of drug-likeness (QED) is 0.425. The van der Waals surface area contributed by atoms with E-state index in [1.807, 2.05) is 0 Å². The number of rotatable bonds is 4. The number of methoxy groups -OCH3 is 1. The van der Waals surface area contributed by atoms with Crippen molar-refractivity contribution >= 4 is 17.6 Å². The lowest BCUT2D eigenvalue weighted by Gasteiger charge is -2.22. The number of nitrogens with zero attached hydrogens (tertiary/aromatic N) is 4. The largest absolute Gasteiger partial charge is 0.467 e. The van der Waals surface area contributed by atoms with Gasteiger partial charge in [-0.05, 0) is 0 Å². The van der Waals surface area contributed by atoms with Crippen molar-refractivity contribution < 1.29 is 24.4 Å². The molecular formula is C11H14N4O6. The monoisotopic (exact) mass is 298 g/mol. The van der Waals surface area contributed by atoms with Gasteiger partial charge in [0.15, 0.2) is 0 Å². The number of esters is 1. The van der Waals surface area contributed by atoms with Gasteiger partial charge in [-0.2, -0.15) is 5.10 Å². The average Bonchev–Trinajstić information content (AvgIpc) is 3.04. The van der Waals surface area contributed by atoms with Crippen LogP contribution in [0.15, 0.2) is 12.4 Å². The molecule has 2 heterocycles. The number of carbonyl (C=O) groups is 2. The molecule has 10 nitrogen and oxygen atoms in total. The van der Waals surface area contributed by atoms with E-state index in [1.165, 1.54) is 12.0 Å². The van der Waals surface area contributed by atoms with Crippen molar-refractivity contribution in [3.8, 4) is 0 Å².